The Hall–Kier alpha value is -2.11. The van der Waals surface area contributed by atoms with E-state index in [2.05, 4.69) is 11.7 Å². The molecule has 0 atom stereocenters. The van der Waals surface area contributed by atoms with Gasteiger partial charge in [-0.1, -0.05) is 19.9 Å². The van der Waals surface area contributed by atoms with Crippen LogP contribution in [-0.4, -0.2) is 19.2 Å². The van der Waals surface area contributed by atoms with Crippen LogP contribution in [0.2, 0.25) is 0 Å². The number of benzene rings is 1. The minimum atomic E-state index is -2.60. The monoisotopic (exact) mass is 283 g/mol. The maximum absolute atomic E-state index is 12.9. The molecule has 0 saturated carbocycles. The Labute approximate surface area is 117 Å². The molecule has 0 unspecified atom stereocenters. The molecule has 0 saturated heterocycles. The number of hydrogen-bond acceptors (Lipinski definition) is 4. The minimum absolute atomic E-state index is 0.189. The number of hydrogen-bond donors (Lipinski definition) is 1. The van der Waals surface area contributed by atoms with E-state index < -0.39 is 6.43 Å². The first-order valence-corrected chi connectivity index (χ1v) is 6.24. The second-order valence-electron chi connectivity index (χ2n) is 4.10. The van der Waals surface area contributed by atoms with Crippen molar-refractivity contribution in [1.82, 2.24) is 0 Å². The zero-order valence-electron chi connectivity index (χ0n) is 11.6. The molecule has 0 aliphatic carbocycles. The maximum atomic E-state index is 12.9. The van der Waals surface area contributed by atoms with E-state index >= 15 is 0 Å². The SMILES string of the molecule is C=CN(/N=C(\CCC)C(F)F)c1ccc(N)cc1OC. The van der Waals surface area contributed by atoms with Crippen LogP contribution < -0.4 is 15.5 Å². The highest BCUT2D eigenvalue weighted by atomic mass is 19.3. The Morgan fingerprint density at radius 1 is 1.55 bits per heavy atom. The van der Waals surface area contributed by atoms with Gasteiger partial charge in [0, 0.05) is 18.0 Å². The van der Waals surface area contributed by atoms with Crippen LogP contribution in [0.25, 0.3) is 0 Å². The molecule has 0 fully saturated rings. The van der Waals surface area contributed by atoms with E-state index in [9.17, 15) is 8.78 Å². The largest absolute Gasteiger partial charge is 0.494 e. The number of hydrazone groups is 1. The normalized spacial score (nSPS) is 11.6. The summed E-state index contributed by atoms with van der Waals surface area (Å²) in [6, 6.07) is 4.89. The van der Waals surface area contributed by atoms with Crippen LogP contribution >= 0.6 is 0 Å². The first kappa shape index (κ1) is 15.9. The van der Waals surface area contributed by atoms with Gasteiger partial charge in [0.2, 0.25) is 0 Å². The van der Waals surface area contributed by atoms with Crippen LogP contribution in [0.4, 0.5) is 20.2 Å². The van der Waals surface area contributed by atoms with Crippen LogP contribution in [-0.2, 0) is 0 Å². The first-order chi connectivity index (χ1) is 9.53. The number of rotatable bonds is 7. The second-order valence-corrected chi connectivity index (χ2v) is 4.10. The summed E-state index contributed by atoms with van der Waals surface area (Å²) in [5.41, 5.74) is 6.49. The Kier molecular flexibility index (Phi) is 5.96. The van der Waals surface area contributed by atoms with Crippen molar-refractivity contribution < 1.29 is 13.5 Å². The molecular formula is C14H19F2N3O. The Morgan fingerprint density at radius 2 is 2.25 bits per heavy atom. The smallest absolute Gasteiger partial charge is 0.278 e. The molecule has 1 rings (SSSR count). The summed E-state index contributed by atoms with van der Waals surface area (Å²) < 4.78 is 31.0. The molecule has 0 spiro atoms. The third-order valence-corrected chi connectivity index (χ3v) is 2.62. The quantitative estimate of drug-likeness (QED) is 0.472. The lowest BCUT2D eigenvalue weighted by molar-refractivity contribution is 0.222. The fraction of sp³-hybridized carbons (Fsp3) is 0.357. The van der Waals surface area contributed by atoms with Crippen molar-refractivity contribution in [2.24, 2.45) is 5.10 Å². The Bertz CT molecular complexity index is 489. The highest BCUT2D eigenvalue weighted by Crippen LogP contribution is 2.31. The predicted octanol–water partition coefficient (Wildman–Crippen LogP) is 3.65. The number of nitrogens with zero attached hydrogens (tertiary/aromatic N) is 2. The average Bonchev–Trinajstić information content (AvgIpc) is 2.43. The number of nitrogens with two attached hydrogens (primary N) is 1. The van der Waals surface area contributed by atoms with Gasteiger partial charge in [0.25, 0.3) is 6.43 Å². The topological polar surface area (TPSA) is 50.8 Å². The number of ether oxygens (including phenoxy) is 1. The van der Waals surface area contributed by atoms with E-state index in [1.54, 1.807) is 18.2 Å². The molecule has 0 amide bonds. The fourth-order valence-electron chi connectivity index (χ4n) is 1.67. The minimum Gasteiger partial charge on any atom is -0.494 e. The summed E-state index contributed by atoms with van der Waals surface area (Å²) in [7, 11) is 1.48. The van der Waals surface area contributed by atoms with E-state index in [0.29, 0.717) is 23.5 Å². The predicted molar refractivity (Wildman–Crippen MR) is 78.4 cm³/mol. The lowest BCUT2D eigenvalue weighted by atomic mass is 10.2. The molecule has 0 aliphatic heterocycles. The lowest BCUT2D eigenvalue weighted by Crippen LogP contribution is -2.18. The van der Waals surface area contributed by atoms with E-state index in [-0.39, 0.29) is 12.1 Å². The van der Waals surface area contributed by atoms with Gasteiger partial charge in [-0.25, -0.2) is 13.8 Å². The summed E-state index contributed by atoms with van der Waals surface area (Å²) in [6.45, 7) is 5.41. The van der Waals surface area contributed by atoms with E-state index in [4.69, 9.17) is 10.5 Å². The van der Waals surface area contributed by atoms with Crippen LogP contribution in [0.1, 0.15) is 19.8 Å². The summed E-state index contributed by atoms with van der Waals surface area (Å²) in [6.07, 6.45) is -0.435. The van der Waals surface area contributed by atoms with E-state index in [1.807, 2.05) is 6.92 Å². The average molecular weight is 283 g/mol. The van der Waals surface area contributed by atoms with Gasteiger partial charge in [0.05, 0.1) is 7.11 Å². The van der Waals surface area contributed by atoms with Crippen LogP contribution in [0.5, 0.6) is 5.75 Å². The van der Waals surface area contributed by atoms with Gasteiger partial charge in [0.15, 0.2) is 0 Å². The van der Waals surface area contributed by atoms with Gasteiger partial charge in [0.1, 0.15) is 17.1 Å². The highest BCUT2D eigenvalue weighted by Gasteiger charge is 2.16. The Balaban J connectivity index is 3.18. The standard InChI is InChI=1S/C14H19F2N3O/c1-4-6-11(14(15)16)18-19(5-2)12-8-7-10(17)9-13(12)20-3/h5,7-9,14H,2,4,6,17H2,1,3H3/b18-11+. The van der Waals surface area contributed by atoms with Crippen molar-refractivity contribution in [3.05, 3.63) is 31.0 Å². The molecule has 0 bridgehead atoms. The number of anilines is 2. The Morgan fingerprint density at radius 3 is 2.75 bits per heavy atom. The summed E-state index contributed by atoms with van der Waals surface area (Å²) in [4.78, 5) is 0. The van der Waals surface area contributed by atoms with Crippen molar-refractivity contribution >= 4 is 17.1 Å². The highest BCUT2D eigenvalue weighted by molar-refractivity contribution is 5.88. The molecule has 1 aromatic rings. The van der Waals surface area contributed by atoms with Gasteiger partial charge in [-0.2, -0.15) is 5.10 Å². The zero-order valence-corrected chi connectivity index (χ0v) is 11.6. The number of alkyl halides is 2. The van der Waals surface area contributed by atoms with Crippen molar-refractivity contribution in [3.8, 4) is 5.75 Å². The number of methoxy groups -OCH3 is 1. The third kappa shape index (κ3) is 3.94. The molecule has 4 nitrogen and oxygen atoms in total. The van der Waals surface area contributed by atoms with Gasteiger partial charge < -0.3 is 10.5 Å². The molecule has 110 valence electrons. The number of nitrogen functional groups attached to an aromatic ring is 1. The molecule has 20 heavy (non-hydrogen) atoms. The molecule has 0 radical (unpaired) electrons. The maximum Gasteiger partial charge on any atom is 0.278 e. The molecule has 0 aliphatic rings. The van der Waals surface area contributed by atoms with Gasteiger partial charge in [-0.05, 0) is 18.6 Å². The van der Waals surface area contributed by atoms with Crippen molar-refractivity contribution in [1.29, 1.82) is 0 Å². The van der Waals surface area contributed by atoms with Gasteiger partial charge in [-0.3, -0.25) is 0 Å². The molecule has 0 heterocycles. The molecule has 2 N–H and O–H groups in total. The summed E-state index contributed by atoms with van der Waals surface area (Å²) in [5, 5.41) is 5.23. The second kappa shape index (κ2) is 7.47. The van der Waals surface area contributed by atoms with Crippen LogP contribution in [0.3, 0.4) is 0 Å². The molecule has 1 aromatic carbocycles. The van der Waals surface area contributed by atoms with E-state index in [0.717, 1.165) is 0 Å². The zero-order chi connectivity index (χ0) is 15.1. The van der Waals surface area contributed by atoms with Crippen LogP contribution in [0, 0.1) is 0 Å². The number of halogens is 2. The van der Waals surface area contributed by atoms with Gasteiger partial charge >= 0.3 is 0 Å². The summed E-state index contributed by atoms with van der Waals surface area (Å²) >= 11 is 0. The van der Waals surface area contributed by atoms with Crippen LogP contribution in [0.15, 0.2) is 36.1 Å². The first-order valence-electron chi connectivity index (χ1n) is 6.24. The molecular weight excluding hydrogens is 264 g/mol. The summed E-state index contributed by atoms with van der Waals surface area (Å²) in [5.74, 6) is 0.443. The van der Waals surface area contributed by atoms with Gasteiger partial charge in [-0.15, -0.1) is 0 Å². The van der Waals surface area contributed by atoms with Crippen molar-refractivity contribution in [2.75, 3.05) is 17.9 Å². The molecule has 6 heteroatoms. The van der Waals surface area contributed by atoms with Crippen molar-refractivity contribution in [3.63, 3.8) is 0 Å². The molecule has 0 aromatic heterocycles. The van der Waals surface area contributed by atoms with E-state index in [1.165, 1.54) is 18.3 Å². The fourth-order valence-corrected chi connectivity index (χ4v) is 1.67. The third-order valence-electron chi connectivity index (χ3n) is 2.62. The lowest BCUT2D eigenvalue weighted by Gasteiger charge is -2.19. The van der Waals surface area contributed by atoms with Crippen molar-refractivity contribution in [2.45, 2.75) is 26.2 Å².